The molecule has 0 N–H and O–H groups in total. The maximum absolute atomic E-state index is 13.9. The number of nitrogens with zero attached hydrogens (tertiary/aromatic N) is 4. The Morgan fingerprint density at radius 2 is 0.457 bits per heavy atom. The first-order chi connectivity index (χ1) is 41.7. The minimum atomic E-state index is -2.89. The average Bonchev–Trinajstić information content (AvgIpc) is 1.55. The molecule has 8 rings (SSSR count). The highest BCUT2D eigenvalue weighted by atomic mass is 35.5. The van der Waals surface area contributed by atoms with Crippen molar-refractivity contribution in [3.05, 3.63) is 0 Å². The normalized spacial score (nSPS) is 32.0. The Bertz CT molecular complexity index is 2460. The minimum Gasteiger partial charge on any atom is -0.467 e. The molecular formula is C60H88Cl4F8N4O16. The van der Waals surface area contributed by atoms with Crippen molar-refractivity contribution in [3.8, 4) is 0 Å². The van der Waals surface area contributed by atoms with E-state index in [1.807, 2.05) is 0 Å². The average molecular weight is 1420 g/mol. The van der Waals surface area contributed by atoms with Gasteiger partial charge in [0.05, 0.1) is 50.1 Å². The lowest BCUT2D eigenvalue weighted by molar-refractivity contribution is -0.154. The van der Waals surface area contributed by atoms with Crippen LogP contribution < -0.4 is 0 Å². The SMILES string of the molecule is COC(=O)C1(CCCl)C[C@@]2(CN1C(=O)OC(C)(C)C)CC2(F)F.COC(=O)C1(CCCl)C[C@@]2(CN1C(=O)OC(C)(C)C)CC2(F)F.COC(=O)C1(CCCl)C[C@]2(CN1C(=O)OC(C)(C)C)CC2(F)F.COC(=O)C1(CCCl)C[C@]2(CN1C(=O)OC(C)(C)C)CC2(F)F. The number of esters is 4. The van der Waals surface area contributed by atoms with Gasteiger partial charge in [0.2, 0.25) is 0 Å². The van der Waals surface area contributed by atoms with Crippen LogP contribution in [0.2, 0.25) is 0 Å². The number of carbonyl (C=O) groups is 8. The lowest BCUT2D eigenvalue weighted by Crippen LogP contribution is -2.55. The zero-order valence-corrected chi connectivity index (χ0v) is 58.0. The van der Waals surface area contributed by atoms with Gasteiger partial charge in [-0.05, 0) is 134 Å². The van der Waals surface area contributed by atoms with Gasteiger partial charge in [-0.25, -0.2) is 73.5 Å². The van der Waals surface area contributed by atoms with Crippen LogP contribution in [0.3, 0.4) is 0 Å². The molecule has 4 amide bonds. The van der Waals surface area contributed by atoms with Gasteiger partial charge in [-0.2, -0.15) is 0 Å². The molecule has 0 radical (unpaired) electrons. The Kier molecular flexibility index (Phi) is 22.3. The van der Waals surface area contributed by atoms with Gasteiger partial charge in [-0.15, -0.1) is 46.4 Å². The smallest absolute Gasteiger partial charge is 0.411 e. The second kappa shape index (κ2) is 26.2. The lowest BCUT2D eigenvalue weighted by atomic mass is 9.87. The van der Waals surface area contributed by atoms with Crippen molar-refractivity contribution in [3.63, 3.8) is 0 Å². The number of ether oxygens (including phenoxy) is 8. The van der Waals surface area contributed by atoms with Gasteiger partial charge in [-0.1, -0.05) is 0 Å². The Labute approximate surface area is 551 Å². The Morgan fingerprint density at radius 3 is 0.554 bits per heavy atom. The highest BCUT2D eigenvalue weighted by Gasteiger charge is 2.82. The van der Waals surface area contributed by atoms with Gasteiger partial charge in [0.25, 0.3) is 23.7 Å². The van der Waals surface area contributed by atoms with Gasteiger partial charge < -0.3 is 37.9 Å². The van der Waals surface area contributed by atoms with Crippen molar-refractivity contribution in [2.24, 2.45) is 21.7 Å². The highest BCUT2D eigenvalue weighted by molar-refractivity contribution is 6.19. The Hall–Kier alpha value is -4.44. The maximum atomic E-state index is 13.9. The third kappa shape index (κ3) is 15.4. The van der Waals surface area contributed by atoms with Gasteiger partial charge >= 0.3 is 48.3 Å². The van der Waals surface area contributed by atoms with Gasteiger partial charge in [-0.3, -0.25) is 19.6 Å². The van der Waals surface area contributed by atoms with Gasteiger partial charge in [0.15, 0.2) is 0 Å². The van der Waals surface area contributed by atoms with E-state index in [0.717, 1.165) is 19.6 Å². The quantitative estimate of drug-likeness (QED) is 0.0766. The third-order valence-electron chi connectivity index (χ3n) is 18.0. The monoisotopic (exact) mass is 1410 g/mol. The van der Waals surface area contributed by atoms with Gasteiger partial charge in [0.1, 0.15) is 44.6 Å². The van der Waals surface area contributed by atoms with E-state index >= 15 is 0 Å². The molecule has 20 nitrogen and oxygen atoms in total. The molecule has 0 bridgehead atoms. The first-order valence-electron chi connectivity index (χ1n) is 29.8. The first kappa shape index (κ1) is 78.3. The van der Waals surface area contributed by atoms with Crippen LogP contribution in [-0.4, -0.2) is 214 Å². The molecule has 4 saturated carbocycles. The summed E-state index contributed by atoms with van der Waals surface area (Å²) < 4.78 is 151. The van der Waals surface area contributed by atoms with E-state index in [2.05, 4.69) is 0 Å². The standard InChI is InChI=1S/4C15H22ClF2NO4/c4*1-12(2,3)23-11(21)19-9-13(8-15(13,17)18)7-14(19,5-6-16)10(20)22-4/h4*5-9H2,1-4H3/t4*13-,14?/m1100/s1. The van der Waals surface area contributed by atoms with E-state index in [0.29, 0.717) is 0 Å². The number of methoxy groups -OCH3 is 4. The summed E-state index contributed by atoms with van der Waals surface area (Å²) in [5.74, 6) is -14.4. The highest BCUT2D eigenvalue weighted by Crippen LogP contribution is 2.72. The number of hydrogen-bond acceptors (Lipinski definition) is 16. The molecule has 0 aromatic rings. The molecule has 4 unspecified atom stereocenters. The second-order valence-corrected chi connectivity index (χ2v) is 31.0. The maximum Gasteiger partial charge on any atom is 0.411 e. The fourth-order valence-corrected chi connectivity index (χ4v) is 14.5. The first-order valence-corrected chi connectivity index (χ1v) is 32.0. The summed E-state index contributed by atoms with van der Waals surface area (Å²) in [5, 5.41) is 0. The summed E-state index contributed by atoms with van der Waals surface area (Å²) in [4.78, 5) is 104. The van der Waals surface area contributed by atoms with Crippen molar-refractivity contribution in [1.82, 2.24) is 19.6 Å². The molecule has 32 heteroatoms. The summed E-state index contributed by atoms with van der Waals surface area (Å²) >= 11 is 23.1. The summed E-state index contributed by atoms with van der Waals surface area (Å²) in [6.45, 7) is 19.1. The Morgan fingerprint density at radius 1 is 0.315 bits per heavy atom. The minimum absolute atomic E-state index is 0.0377. The van der Waals surface area contributed by atoms with Gasteiger partial charge in [0, 0.05) is 75.4 Å². The lowest BCUT2D eigenvalue weighted by Gasteiger charge is -2.36. The van der Waals surface area contributed by atoms with Crippen LogP contribution in [0.15, 0.2) is 0 Å². The van der Waals surface area contributed by atoms with Crippen LogP contribution in [-0.2, 0) is 57.1 Å². The number of alkyl halides is 12. The number of amides is 4. The summed E-state index contributed by atoms with van der Waals surface area (Å²) in [6, 6.07) is 0. The number of carbonyl (C=O) groups excluding carboxylic acids is 8. The molecule has 8 aliphatic rings. The number of halogens is 12. The fourth-order valence-electron chi connectivity index (χ4n) is 13.3. The molecule has 92 heavy (non-hydrogen) atoms. The van der Waals surface area contributed by atoms with Crippen LogP contribution in [0.5, 0.6) is 0 Å². The molecule has 0 aromatic heterocycles. The zero-order chi connectivity index (χ0) is 70.7. The molecule has 528 valence electrons. The van der Waals surface area contributed by atoms with Crippen molar-refractivity contribution in [1.29, 1.82) is 0 Å². The number of rotatable bonds is 12. The van der Waals surface area contributed by atoms with E-state index in [9.17, 15) is 73.5 Å². The molecule has 4 aliphatic carbocycles. The molecule has 0 aromatic carbocycles. The number of likely N-dealkylation sites (tertiary alicyclic amines) is 4. The van der Waals surface area contributed by atoms with Crippen LogP contribution >= 0.6 is 46.4 Å². The summed E-state index contributed by atoms with van der Waals surface area (Å²) in [6.07, 6.45) is -5.07. The predicted molar refractivity (Wildman–Crippen MR) is 319 cm³/mol. The third-order valence-corrected chi connectivity index (χ3v) is 18.8. The van der Waals surface area contributed by atoms with E-state index in [1.165, 1.54) is 28.4 Å². The van der Waals surface area contributed by atoms with Crippen LogP contribution in [0.4, 0.5) is 54.3 Å². The zero-order valence-electron chi connectivity index (χ0n) is 55.0. The van der Waals surface area contributed by atoms with Crippen molar-refractivity contribution in [2.75, 3.05) is 78.1 Å². The fraction of sp³-hybridized carbons (Fsp3) is 0.867. The van der Waals surface area contributed by atoms with E-state index in [4.69, 9.17) is 84.3 Å². The molecule has 4 heterocycles. The molecule has 4 saturated heterocycles. The van der Waals surface area contributed by atoms with E-state index in [-0.39, 0.29) is 127 Å². The predicted octanol–water partition coefficient (Wildman–Crippen LogP) is 12.8. The van der Waals surface area contributed by atoms with Crippen LogP contribution in [0.25, 0.3) is 0 Å². The largest absolute Gasteiger partial charge is 0.467 e. The van der Waals surface area contributed by atoms with Crippen LogP contribution in [0.1, 0.15) is 160 Å². The summed E-state index contributed by atoms with van der Waals surface area (Å²) in [5.41, 5.74) is -14.8. The van der Waals surface area contributed by atoms with Crippen molar-refractivity contribution in [2.45, 2.75) is 228 Å². The van der Waals surface area contributed by atoms with E-state index < -0.39 is 138 Å². The molecule has 4 spiro atoms. The number of hydrogen-bond donors (Lipinski definition) is 0. The summed E-state index contributed by atoms with van der Waals surface area (Å²) in [7, 11) is 4.67. The van der Waals surface area contributed by atoms with Crippen LogP contribution in [0, 0.1) is 21.7 Å². The Balaban J connectivity index is 0.000000223. The molecule has 8 fully saturated rings. The topological polar surface area (TPSA) is 223 Å². The van der Waals surface area contributed by atoms with E-state index in [1.54, 1.807) is 83.1 Å². The molecule has 8 atom stereocenters. The second-order valence-electron chi connectivity index (χ2n) is 29.5. The van der Waals surface area contributed by atoms with Crippen molar-refractivity contribution < 1.29 is 111 Å². The van der Waals surface area contributed by atoms with Crippen molar-refractivity contribution >= 4 is 94.7 Å². The molecular weight excluding hydrogens is 1330 g/mol. The molecule has 4 aliphatic heterocycles.